The molecule has 0 bridgehead atoms. The van der Waals surface area contributed by atoms with Crippen LogP contribution in [0.1, 0.15) is 17.8 Å². The van der Waals surface area contributed by atoms with E-state index in [1.807, 2.05) is 19.9 Å². The van der Waals surface area contributed by atoms with Gasteiger partial charge in [-0.1, -0.05) is 0 Å². The summed E-state index contributed by atoms with van der Waals surface area (Å²) < 4.78 is 12.8. The maximum Gasteiger partial charge on any atom is 0.241 e. The molecule has 1 N–H and O–H groups in total. The highest BCUT2D eigenvalue weighted by molar-refractivity contribution is 5.75. The van der Waals surface area contributed by atoms with Crippen molar-refractivity contribution in [3.05, 3.63) is 17.5 Å². The molecule has 24 heavy (non-hydrogen) atoms. The number of hydrogen-bond acceptors (Lipinski definition) is 5. The van der Waals surface area contributed by atoms with Crippen molar-refractivity contribution in [2.45, 2.75) is 32.9 Å². The summed E-state index contributed by atoms with van der Waals surface area (Å²) in [4.78, 5) is 14.8. The second-order valence-corrected chi connectivity index (χ2v) is 6.73. The van der Waals surface area contributed by atoms with Crippen molar-refractivity contribution in [2.24, 2.45) is 5.92 Å². The van der Waals surface area contributed by atoms with E-state index >= 15 is 0 Å². The fraction of sp³-hybridized carbons (Fsp3) is 0.765. The van der Waals surface area contributed by atoms with Gasteiger partial charge < -0.3 is 14.8 Å². The number of aromatic nitrogens is 2. The Kier molecular flexibility index (Phi) is 5.86. The van der Waals surface area contributed by atoms with Crippen molar-refractivity contribution in [1.29, 1.82) is 0 Å². The molecule has 3 heterocycles. The molecule has 2 aliphatic rings. The fourth-order valence-electron chi connectivity index (χ4n) is 3.60. The fourth-order valence-corrected chi connectivity index (χ4v) is 3.60. The molecule has 2 atom stereocenters. The number of nitrogens with zero attached hydrogens (tertiary/aromatic N) is 3. The molecular weight excluding hydrogens is 308 g/mol. The summed E-state index contributed by atoms with van der Waals surface area (Å²) in [6.07, 6.45) is 1.06. The van der Waals surface area contributed by atoms with Crippen LogP contribution in [0.2, 0.25) is 0 Å². The van der Waals surface area contributed by atoms with E-state index in [0.717, 1.165) is 57.3 Å². The number of carbonyl (C=O) groups excluding carboxylic acids is 1. The molecule has 2 saturated heterocycles. The van der Waals surface area contributed by atoms with Gasteiger partial charge in [-0.2, -0.15) is 5.10 Å². The summed E-state index contributed by atoms with van der Waals surface area (Å²) in [5.41, 5.74) is 1.95. The maximum atomic E-state index is 12.3. The van der Waals surface area contributed by atoms with Crippen LogP contribution < -0.4 is 5.32 Å². The van der Waals surface area contributed by atoms with Gasteiger partial charge in [0.1, 0.15) is 6.54 Å². The zero-order chi connectivity index (χ0) is 16.9. The smallest absolute Gasteiger partial charge is 0.241 e. The minimum atomic E-state index is 0.0124. The monoisotopic (exact) mass is 336 g/mol. The van der Waals surface area contributed by atoms with Crippen molar-refractivity contribution >= 4 is 5.91 Å². The molecule has 0 aromatic carbocycles. The summed E-state index contributed by atoms with van der Waals surface area (Å²) in [7, 11) is 0. The Bertz CT molecular complexity index is 548. The van der Waals surface area contributed by atoms with Gasteiger partial charge in [0.15, 0.2) is 0 Å². The SMILES string of the molecule is Cc1cc(C)n(CC(=O)NC[C@@H]([C@@H]2CCOC2)N2CCOCC2)n1. The van der Waals surface area contributed by atoms with E-state index in [9.17, 15) is 4.79 Å². The Morgan fingerprint density at radius 3 is 2.75 bits per heavy atom. The minimum absolute atomic E-state index is 0.0124. The summed E-state index contributed by atoms with van der Waals surface area (Å²) in [5, 5.41) is 7.46. The van der Waals surface area contributed by atoms with Crippen molar-refractivity contribution in [3.63, 3.8) is 0 Å². The first-order valence-electron chi connectivity index (χ1n) is 8.81. The van der Waals surface area contributed by atoms with Crippen molar-refractivity contribution in [1.82, 2.24) is 20.0 Å². The molecular formula is C17H28N4O3. The molecule has 2 aliphatic heterocycles. The van der Waals surface area contributed by atoms with Crippen LogP contribution in [0.4, 0.5) is 0 Å². The normalized spacial score (nSPS) is 23.3. The van der Waals surface area contributed by atoms with Crippen molar-refractivity contribution in [3.8, 4) is 0 Å². The molecule has 1 amide bonds. The van der Waals surface area contributed by atoms with E-state index in [1.54, 1.807) is 4.68 Å². The third-order valence-electron chi connectivity index (χ3n) is 4.93. The number of nitrogens with one attached hydrogen (secondary N) is 1. The van der Waals surface area contributed by atoms with Crippen LogP contribution in [0.5, 0.6) is 0 Å². The molecule has 3 rings (SSSR count). The van der Waals surface area contributed by atoms with E-state index in [4.69, 9.17) is 9.47 Å². The minimum Gasteiger partial charge on any atom is -0.381 e. The first-order chi connectivity index (χ1) is 11.6. The predicted octanol–water partition coefficient (Wildman–Crippen LogP) is 0.353. The summed E-state index contributed by atoms with van der Waals surface area (Å²) in [6.45, 7) is 9.84. The molecule has 1 aromatic heterocycles. The standard InChI is InChI=1S/C17H28N4O3/c1-13-9-14(2)21(19-13)11-17(22)18-10-16(15-3-6-24-12-15)20-4-7-23-8-5-20/h9,15-16H,3-8,10-12H2,1-2H3,(H,18,22)/t15-,16+/m1/s1. The van der Waals surface area contributed by atoms with Gasteiger partial charge in [0.2, 0.25) is 5.91 Å². The molecule has 7 heteroatoms. The molecule has 134 valence electrons. The highest BCUT2D eigenvalue weighted by Gasteiger charge is 2.31. The molecule has 0 saturated carbocycles. The third kappa shape index (κ3) is 4.34. The zero-order valence-electron chi connectivity index (χ0n) is 14.7. The Labute approximate surface area is 143 Å². The lowest BCUT2D eigenvalue weighted by molar-refractivity contribution is -0.122. The largest absolute Gasteiger partial charge is 0.381 e. The average molecular weight is 336 g/mol. The maximum absolute atomic E-state index is 12.3. The summed E-state index contributed by atoms with van der Waals surface area (Å²) >= 11 is 0. The van der Waals surface area contributed by atoms with Crippen LogP contribution in [0.25, 0.3) is 0 Å². The van der Waals surface area contributed by atoms with Gasteiger partial charge in [-0.15, -0.1) is 0 Å². The van der Waals surface area contributed by atoms with E-state index in [1.165, 1.54) is 0 Å². The van der Waals surface area contributed by atoms with E-state index in [-0.39, 0.29) is 12.5 Å². The number of carbonyl (C=O) groups is 1. The third-order valence-corrected chi connectivity index (χ3v) is 4.93. The molecule has 0 aliphatic carbocycles. The number of hydrogen-bond donors (Lipinski definition) is 1. The Morgan fingerprint density at radius 2 is 2.12 bits per heavy atom. The zero-order valence-corrected chi connectivity index (χ0v) is 14.7. The highest BCUT2D eigenvalue weighted by Crippen LogP contribution is 2.21. The van der Waals surface area contributed by atoms with Crippen LogP contribution >= 0.6 is 0 Å². The lowest BCUT2D eigenvalue weighted by Gasteiger charge is -2.37. The van der Waals surface area contributed by atoms with E-state index < -0.39 is 0 Å². The van der Waals surface area contributed by atoms with E-state index in [0.29, 0.717) is 18.5 Å². The summed E-state index contributed by atoms with van der Waals surface area (Å²) in [6, 6.07) is 2.31. The van der Waals surface area contributed by atoms with Crippen LogP contribution in [0, 0.1) is 19.8 Å². The number of rotatable bonds is 6. The number of morpholine rings is 1. The molecule has 2 fully saturated rings. The van der Waals surface area contributed by atoms with Crippen molar-refractivity contribution in [2.75, 3.05) is 46.1 Å². The van der Waals surface area contributed by atoms with Gasteiger partial charge >= 0.3 is 0 Å². The lowest BCUT2D eigenvalue weighted by atomic mass is 9.97. The van der Waals surface area contributed by atoms with E-state index in [2.05, 4.69) is 15.3 Å². The Morgan fingerprint density at radius 1 is 1.33 bits per heavy atom. The summed E-state index contributed by atoms with van der Waals surface area (Å²) in [5.74, 6) is 0.496. The molecule has 0 radical (unpaired) electrons. The lowest BCUT2D eigenvalue weighted by Crippen LogP contribution is -2.52. The van der Waals surface area contributed by atoms with Crippen LogP contribution in [-0.4, -0.2) is 72.7 Å². The predicted molar refractivity (Wildman–Crippen MR) is 89.8 cm³/mol. The number of aryl methyl sites for hydroxylation is 2. The second kappa shape index (κ2) is 8.09. The topological polar surface area (TPSA) is 68.6 Å². The van der Waals surface area contributed by atoms with Crippen LogP contribution in [0.15, 0.2) is 6.07 Å². The van der Waals surface area contributed by atoms with Gasteiger partial charge in [0.25, 0.3) is 0 Å². The quantitative estimate of drug-likeness (QED) is 0.812. The molecule has 1 aromatic rings. The van der Waals surface area contributed by atoms with Crippen LogP contribution in [0.3, 0.4) is 0 Å². The second-order valence-electron chi connectivity index (χ2n) is 6.73. The van der Waals surface area contributed by atoms with Gasteiger partial charge in [0, 0.05) is 43.9 Å². The number of amides is 1. The molecule has 7 nitrogen and oxygen atoms in total. The first-order valence-corrected chi connectivity index (χ1v) is 8.81. The first kappa shape index (κ1) is 17.4. The van der Waals surface area contributed by atoms with Gasteiger partial charge in [-0.3, -0.25) is 14.4 Å². The highest BCUT2D eigenvalue weighted by atomic mass is 16.5. The Hall–Kier alpha value is -1.44. The molecule has 0 spiro atoms. The van der Waals surface area contributed by atoms with Gasteiger partial charge in [-0.05, 0) is 26.3 Å². The Balaban J connectivity index is 1.55. The van der Waals surface area contributed by atoms with Crippen molar-refractivity contribution < 1.29 is 14.3 Å². The average Bonchev–Trinajstić information content (AvgIpc) is 3.19. The number of ether oxygens (including phenoxy) is 2. The van der Waals surface area contributed by atoms with Gasteiger partial charge in [-0.25, -0.2) is 0 Å². The van der Waals surface area contributed by atoms with Crippen LogP contribution in [-0.2, 0) is 20.8 Å². The van der Waals surface area contributed by atoms with Gasteiger partial charge in [0.05, 0.1) is 25.5 Å². The molecule has 0 unspecified atom stereocenters.